The summed E-state index contributed by atoms with van der Waals surface area (Å²) in [5, 5.41) is 3.05. The van der Waals surface area contributed by atoms with E-state index < -0.39 is 0 Å². The first-order valence-electron chi connectivity index (χ1n) is 8.95. The number of ether oxygens (including phenoxy) is 3. The van der Waals surface area contributed by atoms with Crippen LogP contribution in [0.5, 0.6) is 17.2 Å². The van der Waals surface area contributed by atoms with Crippen molar-refractivity contribution in [3.63, 3.8) is 0 Å². The van der Waals surface area contributed by atoms with Gasteiger partial charge in [0.2, 0.25) is 0 Å². The normalized spacial score (nSPS) is 11.4. The fourth-order valence-electron chi connectivity index (χ4n) is 2.88. The van der Waals surface area contributed by atoms with Gasteiger partial charge in [0.05, 0.1) is 20.3 Å². The van der Waals surface area contributed by atoms with Gasteiger partial charge < -0.3 is 19.5 Å². The number of rotatable bonds is 8. The molecule has 0 aliphatic carbocycles. The summed E-state index contributed by atoms with van der Waals surface area (Å²) in [5.41, 5.74) is 1.94. The van der Waals surface area contributed by atoms with Crippen LogP contribution >= 0.6 is 0 Å². The molecule has 1 atom stereocenters. The summed E-state index contributed by atoms with van der Waals surface area (Å²) in [6.45, 7) is -0.111. The Morgan fingerprint density at radius 2 is 1.39 bits per heavy atom. The Balaban J connectivity index is 1.74. The van der Waals surface area contributed by atoms with Crippen LogP contribution in [0, 0.1) is 0 Å². The van der Waals surface area contributed by atoms with Gasteiger partial charge in [-0.25, -0.2) is 0 Å². The van der Waals surface area contributed by atoms with Crippen molar-refractivity contribution in [2.24, 2.45) is 0 Å². The summed E-state index contributed by atoms with van der Waals surface area (Å²) in [7, 11) is 3.19. The smallest absolute Gasteiger partial charge is 0.258 e. The van der Waals surface area contributed by atoms with Crippen molar-refractivity contribution in [3.8, 4) is 17.2 Å². The van der Waals surface area contributed by atoms with Crippen LogP contribution in [0.1, 0.15) is 17.2 Å². The second kappa shape index (κ2) is 9.46. The van der Waals surface area contributed by atoms with E-state index in [1.165, 1.54) is 0 Å². The molecular weight excluding hydrogens is 354 g/mol. The fraction of sp³-hybridized carbons (Fsp3) is 0.174. The lowest BCUT2D eigenvalue weighted by Gasteiger charge is -2.20. The van der Waals surface area contributed by atoms with Gasteiger partial charge in [0, 0.05) is 0 Å². The Morgan fingerprint density at radius 1 is 0.786 bits per heavy atom. The highest BCUT2D eigenvalue weighted by Gasteiger charge is 2.17. The maximum Gasteiger partial charge on any atom is 0.258 e. The summed E-state index contributed by atoms with van der Waals surface area (Å²) in [4.78, 5) is 12.6. The molecule has 0 heterocycles. The zero-order chi connectivity index (χ0) is 19.8. The second-order valence-corrected chi connectivity index (χ2v) is 6.12. The number of benzene rings is 3. The third-order valence-electron chi connectivity index (χ3n) is 4.32. The van der Waals surface area contributed by atoms with Gasteiger partial charge in [0.15, 0.2) is 18.1 Å². The number of hydrogen-bond donors (Lipinski definition) is 1. The van der Waals surface area contributed by atoms with Crippen LogP contribution < -0.4 is 19.5 Å². The summed E-state index contributed by atoms with van der Waals surface area (Å²) in [6, 6.07) is 24.4. The van der Waals surface area contributed by atoms with Crippen molar-refractivity contribution < 1.29 is 19.0 Å². The molecule has 28 heavy (non-hydrogen) atoms. The zero-order valence-corrected chi connectivity index (χ0v) is 15.9. The summed E-state index contributed by atoms with van der Waals surface area (Å²) in [6.07, 6.45) is 0. The van der Waals surface area contributed by atoms with Crippen LogP contribution in [-0.2, 0) is 4.79 Å². The first kappa shape index (κ1) is 19.3. The molecule has 3 rings (SSSR count). The monoisotopic (exact) mass is 377 g/mol. The molecule has 0 spiro atoms. The van der Waals surface area contributed by atoms with Crippen LogP contribution in [0.15, 0.2) is 78.9 Å². The maximum absolute atomic E-state index is 12.6. The molecule has 144 valence electrons. The standard InChI is InChI=1S/C23H23NO4/c1-26-19-14-12-18(13-15-19)23(17-8-4-3-5-9-17)24-22(25)16-28-21-11-7-6-10-20(21)27-2/h3-15,23H,16H2,1-2H3,(H,24,25)/t23-/m0/s1. The Morgan fingerprint density at radius 3 is 2.04 bits per heavy atom. The maximum atomic E-state index is 12.6. The third-order valence-corrected chi connectivity index (χ3v) is 4.32. The topological polar surface area (TPSA) is 56.8 Å². The number of carbonyl (C=O) groups excluding carboxylic acids is 1. The molecule has 0 aliphatic rings. The Kier molecular flexibility index (Phi) is 6.52. The zero-order valence-electron chi connectivity index (χ0n) is 15.9. The molecule has 0 saturated carbocycles. The van der Waals surface area contributed by atoms with Crippen LogP contribution in [0.4, 0.5) is 0 Å². The molecule has 0 saturated heterocycles. The van der Waals surface area contributed by atoms with Gasteiger partial charge in [-0.2, -0.15) is 0 Å². The number of nitrogens with one attached hydrogen (secondary N) is 1. The molecule has 0 unspecified atom stereocenters. The number of hydrogen-bond acceptors (Lipinski definition) is 4. The average Bonchev–Trinajstić information content (AvgIpc) is 2.77. The third kappa shape index (κ3) is 4.82. The van der Waals surface area contributed by atoms with Gasteiger partial charge >= 0.3 is 0 Å². The van der Waals surface area contributed by atoms with Crippen molar-refractivity contribution in [3.05, 3.63) is 90.0 Å². The highest BCUT2D eigenvalue weighted by molar-refractivity contribution is 5.78. The van der Waals surface area contributed by atoms with Crippen molar-refractivity contribution >= 4 is 5.91 Å². The molecule has 1 N–H and O–H groups in total. The van der Waals surface area contributed by atoms with Gasteiger partial charge in [-0.15, -0.1) is 0 Å². The van der Waals surface area contributed by atoms with Gasteiger partial charge in [-0.1, -0.05) is 54.6 Å². The van der Waals surface area contributed by atoms with Crippen molar-refractivity contribution in [2.75, 3.05) is 20.8 Å². The van der Waals surface area contributed by atoms with Crippen molar-refractivity contribution in [1.82, 2.24) is 5.32 Å². The SMILES string of the molecule is COc1ccc([C@@H](NC(=O)COc2ccccc2OC)c2ccccc2)cc1. The minimum atomic E-state index is -0.291. The number of para-hydroxylation sites is 2. The summed E-state index contributed by atoms with van der Waals surface area (Å²) < 4.78 is 16.1. The van der Waals surface area contributed by atoms with Crippen molar-refractivity contribution in [1.29, 1.82) is 0 Å². The van der Waals surface area contributed by atoms with Gasteiger partial charge in [0.25, 0.3) is 5.91 Å². The minimum Gasteiger partial charge on any atom is -0.497 e. The van der Waals surface area contributed by atoms with Crippen LogP contribution in [-0.4, -0.2) is 26.7 Å². The van der Waals surface area contributed by atoms with Gasteiger partial charge in [-0.3, -0.25) is 4.79 Å². The molecule has 3 aromatic rings. The molecule has 1 amide bonds. The molecule has 0 bridgehead atoms. The van der Waals surface area contributed by atoms with E-state index in [4.69, 9.17) is 14.2 Å². The molecule has 0 fully saturated rings. The van der Waals surface area contributed by atoms with E-state index in [1.807, 2.05) is 66.7 Å². The Labute approximate surface area is 164 Å². The second-order valence-electron chi connectivity index (χ2n) is 6.12. The largest absolute Gasteiger partial charge is 0.497 e. The lowest BCUT2D eigenvalue weighted by atomic mass is 9.98. The van der Waals surface area contributed by atoms with Crippen molar-refractivity contribution in [2.45, 2.75) is 6.04 Å². The number of amides is 1. The number of carbonyl (C=O) groups is 1. The number of methoxy groups -OCH3 is 2. The summed E-state index contributed by atoms with van der Waals surface area (Å²) in [5.74, 6) is 1.66. The predicted octanol–water partition coefficient (Wildman–Crippen LogP) is 3.99. The van der Waals surface area contributed by atoms with E-state index in [1.54, 1.807) is 26.4 Å². The highest BCUT2D eigenvalue weighted by atomic mass is 16.5. The van der Waals surface area contributed by atoms with Crippen LogP contribution in [0.25, 0.3) is 0 Å². The predicted molar refractivity (Wildman–Crippen MR) is 108 cm³/mol. The van der Waals surface area contributed by atoms with E-state index in [9.17, 15) is 4.79 Å². The summed E-state index contributed by atoms with van der Waals surface area (Å²) >= 11 is 0. The molecule has 0 radical (unpaired) electrons. The minimum absolute atomic E-state index is 0.111. The van der Waals surface area contributed by atoms with Gasteiger partial charge in [-0.05, 0) is 35.4 Å². The molecule has 0 aliphatic heterocycles. The molecule has 5 heteroatoms. The van der Waals surface area contributed by atoms with E-state index in [2.05, 4.69) is 5.32 Å². The first-order chi connectivity index (χ1) is 13.7. The molecular formula is C23H23NO4. The quantitative estimate of drug-likeness (QED) is 0.645. The van der Waals surface area contributed by atoms with E-state index in [-0.39, 0.29) is 18.6 Å². The molecule has 0 aromatic heterocycles. The fourth-order valence-corrected chi connectivity index (χ4v) is 2.88. The van der Waals surface area contributed by atoms with E-state index in [0.29, 0.717) is 11.5 Å². The van der Waals surface area contributed by atoms with Crippen LogP contribution in [0.3, 0.4) is 0 Å². The molecule has 5 nitrogen and oxygen atoms in total. The average molecular weight is 377 g/mol. The van der Waals surface area contributed by atoms with Crippen LogP contribution in [0.2, 0.25) is 0 Å². The lowest BCUT2D eigenvalue weighted by Crippen LogP contribution is -2.33. The lowest BCUT2D eigenvalue weighted by molar-refractivity contribution is -0.123. The van der Waals surface area contributed by atoms with E-state index in [0.717, 1.165) is 16.9 Å². The van der Waals surface area contributed by atoms with E-state index >= 15 is 0 Å². The first-order valence-corrected chi connectivity index (χ1v) is 8.95. The molecule has 3 aromatic carbocycles. The highest BCUT2D eigenvalue weighted by Crippen LogP contribution is 2.26. The Bertz CT molecular complexity index is 894. The van der Waals surface area contributed by atoms with Gasteiger partial charge in [0.1, 0.15) is 5.75 Å². The Hall–Kier alpha value is -3.47.